The lowest BCUT2D eigenvalue weighted by Gasteiger charge is -2.27. The van der Waals surface area contributed by atoms with Crippen molar-refractivity contribution < 1.29 is 5.11 Å². The van der Waals surface area contributed by atoms with Crippen molar-refractivity contribution in [1.82, 2.24) is 9.88 Å². The fourth-order valence-corrected chi connectivity index (χ4v) is 3.09. The zero-order valence-electron chi connectivity index (χ0n) is 12.0. The summed E-state index contributed by atoms with van der Waals surface area (Å²) in [5.74, 6) is 0. The molecule has 2 aromatic rings. The third-order valence-corrected chi connectivity index (χ3v) is 4.14. The van der Waals surface area contributed by atoms with E-state index in [2.05, 4.69) is 16.0 Å². The van der Waals surface area contributed by atoms with E-state index in [-0.39, 0.29) is 0 Å². The number of β-amino-alcohol motifs (C(OH)–C–C–N with tert-alkyl or cyclic N) is 1. The van der Waals surface area contributed by atoms with Gasteiger partial charge in [-0.25, -0.2) is 0 Å². The lowest BCUT2D eigenvalue weighted by atomic mass is 10.0. The van der Waals surface area contributed by atoms with Gasteiger partial charge in [0.2, 0.25) is 0 Å². The van der Waals surface area contributed by atoms with E-state index in [1.54, 1.807) is 6.20 Å². The van der Waals surface area contributed by atoms with E-state index < -0.39 is 6.10 Å². The summed E-state index contributed by atoms with van der Waals surface area (Å²) in [6.45, 7) is 1.64. The summed E-state index contributed by atoms with van der Waals surface area (Å²) in [7, 11) is 0. The average Bonchev–Trinajstić information content (AvgIpc) is 2.96. The van der Waals surface area contributed by atoms with E-state index >= 15 is 0 Å². The highest BCUT2D eigenvalue weighted by molar-refractivity contribution is 5.41. The molecule has 1 aliphatic rings. The Morgan fingerprint density at radius 3 is 3.00 bits per heavy atom. The SMILES string of the molecule is Nc1cccc(C(O)CN2CCCC2c2cccnc2)c1. The molecule has 0 bridgehead atoms. The third-order valence-electron chi connectivity index (χ3n) is 4.14. The predicted molar refractivity (Wildman–Crippen MR) is 83.6 cm³/mol. The monoisotopic (exact) mass is 283 g/mol. The lowest BCUT2D eigenvalue weighted by molar-refractivity contribution is 0.106. The first-order chi connectivity index (χ1) is 10.2. The van der Waals surface area contributed by atoms with Crippen molar-refractivity contribution >= 4 is 5.69 Å². The first-order valence-corrected chi connectivity index (χ1v) is 7.41. The number of hydrogen-bond acceptors (Lipinski definition) is 4. The molecule has 110 valence electrons. The number of anilines is 1. The number of nitrogen functional groups attached to an aromatic ring is 1. The molecular formula is C17H21N3O. The van der Waals surface area contributed by atoms with Gasteiger partial charge in [0, 0.05) is 30.7 Å². The predicted octanol–water partition coefficient (Wildman–Crippen LogP) is 2.53. The van der Waals surface area contributed by atoms with Gasteiger partial charge in [0.25, 0.3) is 0 Å². The molecule has 3 rings (SSSR count). The second-order valence-corrected chi connectivity index (χ2v) is 5.63. The normalized spacial score (nSPS) is 20.5. The molecule has 0 radical (unpaired) electrons. The average molecular weight is 283 g/mol. The second-order valence-electron chi connectivity index (χ2n) is 5.63. The van der Waals surface area contributed by atoms with E-state index in [0.717, 1.165) is 24.9 Å². The van der Waals surface area contributed by atoms with Crippen LogP contribution in [0.15, 0.2) is 48.8 Å². The van der Waals surface area contributed by atoms with Crippen molar-refractivity contribution in [3.8, 4) is 0 Å². The number of benzene rings is 1. The Balaban J connectivity index is 1.72. The Kier molecular flexibility index (Phi) is 4.18. The van der Waals surface area contributed by atoms with Crippen LogP contribution in [-0.4, -0.2) is 28.1 Å². The van der Waals surface area contributed by atoms with Gasteiger partial charge < -0.3 is 10.8 Å². The minimum atomic E-state index is -0.509. The maximum Gasteiger partial charge on any atom is 0.0917 e. The highest BCUT2D eigenvalue weighted by atomic mass is 16.3. The molecule has 1 fully saturated rings. The number of hydrogen-bond donors (Lipinski definition) is 2. The zero-order chi connectivity index (χ0) is 14.7. The number of rotatable bonds is 4. The largest absolute Gasteiger partial charge is 0.399 e. The molecule has 21 heavy (non-hydrogen) atoms. The fourth-order valence-electron chi connectivity index (χ4n) is 3.09. The molecule has 4 heteroatoms. The molecule has 1 aliphatic heterocycles. The number of nitrogens with two attached hydrogens (primary N) is 1. The van der Waals surface area contributed by atoms with Crippen LogP contribution in [0.4, 0.5) is 5.69 Å². The van der Waals surface area contributed by atoms with Crippen LogP contribution in [0.2, 0.25) is 0 Å². The van der Waals surface area contributed by atoms with E-state index in [1.165, 1.54) is 5.56 Å². The molecule has 0 saturated carbocycles. The molecule has 1 aromatic heterocycles. The van der Waals surface area contributed by atoms with Crippen LogP contribution < -0.4 is 5.73 Å². The Labute approximate surface area is 125 Å². The van der Waals surface area contributed by atoms with Crippen LogP contribution in [-0.2, 0) is 0 Å². The van der Waals surface area contributed by atoms with Crippen LogP contribution in [0.1, 0.15) is 36.1 Å². The molecule has 0 amide bonds. The summed E-state index contributed by atoms with van der Waals surface area (Å²) in [6.07, 6.45) is 5.49. The van der Waals surface area contributed by atoms with Crippen molar-refractivity contribution in [1.29, 1.82) is 0 Å². The van der Waals surface area contributed by atoms with Gasteiger partial charge in [-0.05, 0) is 48.7 Å². The third kappa shape index (κ3) is 3.23. The van der Waals surface area contributed by atoms with Crippen LogP contribution in [0, 0.1) is 0 Å². The van der Waals surface area contributed by atoms with Crippen molar-refractivity contribution in [3.63, 3.8) is 0 Å². The molecular weight excluding hydrogens is 262 g/mol. The maximum absolute atomic E-state index is 10.5. The summed E-state index contributed by atoms with van der Waals surface area (Å²) < 4.78 is 0. The van der Waals surface area contributed by atoms with E-state index in [1.807, 2.05) is 36.5 Å². The van der Waals surface area contributed by atoms with Crippen molar-refractivity contribution in [2.24, 2.45) is 0 Å². The van der Waals surface area contributed by atoms with Gasteiger partial charge in [-0.2, -0.15) is 0 Å². The first kappa shape index (κ1) is 14.0. The molecule has 1 saturated heterocycles. The van der Waals surface area contributed by atoms with Crippen molar-refractivity contribution in [2.45, 2.75) is 25.0 Å². The number of pyridine rings is 1. The standard InChI is InChI=1S/C17H21N3O/c18-15-6-1-4-13(10-15)17(21)12-20-9-3-7-16(20)14-5-2-8-19-11-14/h1-2,4-6,8,10-11,16-17,21H,3,7,9,12,18H2. The summed E-state index contributed by atoms with van der Waals surface area (Å²) in [6, 6.07) is 11.9. The fraction of sp³-hybridized carbons (Fsp3) is 0.353. The summed E-state index contributed by atoms with van der Waals surface area (Å²) >= 11 is 0. The van der Waals surface area contributed by atoms with Gasteiger partial charge in [0.05, 0.1) is 6.10 Å². The van der Waals surface area contributed by atoms with Crippen molar-refractivity contribution in [2.75, 3.05) is 18.8 Å². The van der Waals surface area contributed by atoms with E-state index in [9.17, 15) is 5.11 Å². The minimum absolute atomic E-state index is 0.356. The Morgan fingerprint density at radius 1 is 1.33 bits per heavy atom. The molecule has 3 N–H and O–H groups in total. The number of aliphatic hydroxyl groups is 1. The summed E-state index contributed by atoms with van der Waals surface area (Å²) in [4.78, 5) is 6.55. The van der Waals surface area contributed by atoms with E-state index in [0.29, 0.717) is 18.3 Å². The smallest absolute Gasteiger partial charge is 0.0917 e. The number of aromatic nitrogens is 1. The van der Waals surface area contributed by atoms with Crippen molar-refractivity contribution in [3.05, 3.63) is 59.9 Å². The minimum Gasteiger partial charge on any atom is -0.399 e. The first-order valence-electron chi connectivity index (χ1n) is 7.41. The summed E-state index contributed by atoms with van der Waals surface area (Å²) in [5, 5.41) is 10.5. The molecule has 2 unspecified atom stereocenters. The molecule has 4 nitrogen and oxygen atoms in total. The van der Waals surface area contributed by atoms with Crippen LogP contribution in [0.25, 0.3) is 0 Å². The zero-order valence-corrected chi connectivity index (χ0v) is 12.0. The molecule has 0 aliphatic carbocycles. The molecule has 2 atom stereocenters. The molecule has 2 heterocycles. The number of likely N-dealkylation sites (tertiary alicyclic amines) is 1. The van der Waals surface area contributed by atoms with Gasteiger partial charge >= 0.3 is 0 Å². The lowest BCUT2D eigenvalue weighted by Crippen LogP contribution is -2.28. The van der Waals surface area contributed by atoms with Gasteiger partial charge in [-0.15, -0.1) is 0 Å². The Morgan fingerprint density at radius 2 is 2.24 bits per heavy atom. The van der Waals surface area contributed by atoms with Crippen LogP contribution in [0.3, 0.4) is 0 Å². The highest BCUT2D eigenvalue weighted by Gasteiger charge is 2.28. The van der Waals surface area contributed by atoms with Gasteiger partial charge in [-0.3, -0.25) is 9.88 Å². The van der Waals surface area contributed by atoms with Crippen LogP contribution >= 0.6 is 0 Å². The van der Waals surface area contributed by atoms with E-state index in [4.69, 9.17) is 5.73 Å². The Bertz CT molecular complexity index is 588. The van der Waals surface area contributed by atoms with Gasteiger partial charge in [0.15, 0.2) is 0 Å². The second kappa shape index (κ2) is 6.24. The maximum atomic E-state index is 10.5. The number of nitrogens with zero attached hydrogens (tertiary/aromatic N) is 2. The number of aliphatic hydroxyl groups excluding tert-OH is 1. The summed E-state index contributed by atoms with van der Waals surface area (Å²) in [5.41, 5.74) is 8.59. The van der Waals surface area contributed by atoms with Gasteiger partial charge in [0.1, 0.15) is 0 Å². The highest BCUT2D eigenvalue weighted by Crippen LogP contribution is 2.33. The van der Waals surface area contributed by atoms with Crippen LogP contribution in [0.5, 0.6) is 0 Å². The molecule has 1 aromatic carbocycles. The topological polar surface area (TPSA) is 62.4 Å². The Hall–Kier alpha value is -1.91. The quantitative estimate of drug-likeness (QED) is 0.846. The molecule has 0 spiro atoms. The van der Waals surface area contributed by atoms with Gasteiger partial charge in [-0.1, -0.05) is 18.2 Å².